The summed E-state index contributed by atoms with van der Waals surface area (Å²) in [6, 6.07) is 11.7. The Kier molecular flexibility index (Phi) is 2.59. The number of hydrogen-bond acceptors (Lipinski definition) is 2. The van der Waals surface area contributed by atoms with Crippen molar-refractivity contribution in [1.29, 1.82) is 0 Å². The lowest BCUT2D eigenvalue weighted by atomic mass is 9.99. The van der Waals surface area contributed by atoms with Crippen LogP contribution in [0.4, 0.5) is 0 Å². The van der Waals surface area contributed by atoms with E-state index in [1.165, 1.54) is 18.4 Å². The summed E-state index contributed by atoms with van der Waals surface area (Å²) in [7, 11) is 0. The summed E-state index contributed by atoms with van der Waals surface area (Å²) in [5.74, 6) is 0.239. The largest absolute Gasteiger partial charge is 0.366 e. The fraction of sp³-hybridized carbons (Fsp3) is 0.200. The Morgan fingerprint density at radius 1 is 1.22 bits per heavy atom. The molecule has 1 aromatic heterocycles. The number of nitrogens with two attached hydrogens (primary N) is 1. The smallest absolute Gasteiger partial charge is 0.248 e. The second-order valence-corrected chi connectivity index (χ2v) is 4.66. The number of aromatic nitrogens is 1. The van der Waals surface area contributed by atoms with Gasteiger partial charge in [-0.15, -0.1) is 0 Å². The third-order valence-electron chi connectivity index (χ3n) is 3.30. The third-order valence-corrected chi connectivity index (χ3v) is 3.30. The van der Waals surface area contributed by atoms with Crippen molar-refractivity contribution in [1.82, 2.24) is 4.98 Å². The molecule has 18 heavy (non-hydrogen) atoms. The molecule has 1 saturated carbocycles. The summed E-state index contributed by atoms with van der Waals surface area (Å²) in [5, 5.41) is 0. The van der Waals surface area contributed by atoms with Gasteiger partial charge in [0.2, 0.25) is 5.91 Å². The molecule has 0 unspecified atom stereocenters. The Hall–Kier alpha value is -2.16. The topological polar surface area (TPSA) is 56.0 Å². The zero-order chi connectivity index (χ0) is 12.5. The number of nitrogens with zero attached hydrogens (tertiary/aromatic N) is 1. The fourth-order valence-corrected chi connectivity index (χ4v) is 2.21. The highest BCUT2D eigenvalue weighted by molar-refractivity contribution is 5.93. The number of amides is 1. The molecular weight excluding hydrogens is 224 g/mol. The van der Waals surface area contributed by atoms with Crippen LogP contribution in [-0.4, -0.2) is 10.9 Å². The number of carbonyl (C=O) groups is 1. The number of carbonyl (C=O) groups excluding carboxylic acids is 1. The van der Waals surface area contributed by atoms with Crippen molar-refractivity contribution in [3.05, 3.63) is 53.7 Å². The maximum atomic E-state index is 11.2. The molecule has 0 radical (unpaired) electrons. The third kappa shape index (κ3) is 1.99. The minimum atomic E-state index is -0.414. The molecule has 1 aliphatic rings. The van der Waals surface area contributed by atoms with Crippen LogP contribution in [0.2, 0.25) is 0 Å². The molecule has 1 heterocycles. The van der Waals surface area contributed by atoms with Crippen LogP contribution in [-0.2, 0) is 0 Å². The highest BCUT2D eigenvalue weighted by Gasteiger charge is 2.26. The maximum Gasteiger partial charge on any atom is 0.248 e. The van der Waals surface area contributed by atoms with Gasteiger partial charge >= 0.3 is 0 Å². The van der Waals surface area contributed by atoms with E-state index in [1.807, 2.05) is 6.07 Å². The SMILES string of the molecule is NC(=O)c1ccnc(-c2ccccc2C2CC2)c1. The molecule has 3 heteroatoms. The van der Waals surface area contributed by atoms with Crippen LogP contribution in [0.25, 0.3) is 11.3 Å². The molecule has 0 bridgehead atoms. The first-order valence-corrected chi connectivity index (χ1v) is 6.11. The van der Waals surface area contributed by atoms with Gasteiger partial charge in [-0.1, -0.05) is 24.3 Å². The lowest BCUT2D eigenvalue weighted by molar-refractivity contribution is 0.1000. The first-order valence-electron chi connectivity index (χ1n) is 6.11. The van der Waals surface area contributed by atoms with E-state index in [0.29, 0.717) is 11.5 Å². The molecule has 0 spiro atoms. The summed E-state index contributed by atoms with van der Waals surface area (Å²) in [5.41, 5.74) is 9.08. The highest BCUT2D eigenvalue weighted by atomic mass is 16.1. The predicted molar refractivity (Wildman–Crippen MR) is 70.2 cm³/mol. The quantitative estimate of drug-likeness (QED) is 0.893. The van der Waals surface area contributed by atoms with Crippen molar-refractivity contribution in [2.45, 2.75) is 18.8 Å². The molecule has 3 nitrogen and oxygen atoms in total. The van der Waals surface area contributed by atoms with E-state index >= 15 is 0 Å². The second kappa shape index (κ2) is 4.26. The Morgan fingerprint density at radius 2 is 2.00 bits per heavy atom. The molecule has 1 amide bonds. The van der Waals surface area contributed by atoms with Gasteiger partial charge in [-0.2, -0.15) is 0 Å². The van der Waals surface area contributed by atoms with Crippen molar-refractivity contribution in [2.75, 3.05) is 0 Å². The molecule has 0 atom stereocenters. The van der Waals surface area contributed by atoms with Crippen LogP contribution >= 0.6 is 0 Å². The van der Waals surface area contributed by atoms with Crippen molar-refractivity contribution in [3.8, 4) is 11.3 Å². The molecule has 1 aromatic carbocycles. The normalized spacial score (nSPS) is 14.4. The Bertz CT molecular complexity index is 603. The van der Waals surface area contributed by atoms with Gasteiger partial charge in [0.25, 0.3) is 0 Å². The molecular formula is C15H14N2O. The summed E-state index contributed by atoms with van der Waals surface area (Å²) in [6.45, 7) is 0. The molecule has 2 aromatic rings. The number of primary amides is 1. The summed E-state index contributed by atoms with van der Waals surface area (Å²) in [4.78, 5) is 15.6. The van der Waals surface area contributed by atoms with E-state index in [2.05, 4.69) is 23.2 Å². The molecule has 0 saturated heterocycles. The van der Waals surface area contributed by atoms with E-state index in [1.54, 1.807) is 18.3 Å². The zero-order valence-electron chi connectivity index (χ0n) is 9.97. The van der Waals surface area contributed by atoms with Gasteiger partial charge in [0.05, 0.1) is 5.69 Å². The van der Waals surface area contributed by atoms with Crippen molar-refractivity contribution in [3.63, 3.8) is 0 Å². The van der Waals surface area contributed by atoms with Crippen LogP contribution in [0.3, 0.4) is 0 Å². The number of pyridine rings is 1. The minimum absolute atomic E-state index is 0.414. The standard InChI is InChI=1S/C15H14N2O/c16-15(18)11-7-8-17-14(9-11)13-4-2-1-3-12(13)10-5-6-10/h1-4,7-10H,5-6H2,(H2,16,18). The van der Waals surface area contributed by atoms with Crippen molar-refractivity contribution in [2.24, 2.45) is 5.73 Å². The lowest BCUT2D eigenvalue weighted by Crippen LogP contribution is -2.11. The predicted octanol–water partition coefficient (Wildman–Crippen LogP) is 2.72. The summed E-state index contributed by atoms with van der Waals surface area (Å²) < 4.78 is 0. The van der Waals surface area contributed by atoms with Gasteiger partial charge in [-0.05, 0) is 36.5 Å². The van der Waals surface area contributed by atoms with Gasteiger partial charge in [0.1, 0.15) is 0 Å². The van der Waals surface area contributed by atoms with Gasteiger partial charge in [-0.25, -0.2) is 0 Å². The van der Waals surface area contributed by atoms with Gasteiger partial charge < -0.3 is 5.73 Å². The first-order chi connectivity index (χ1) is 8.75. The molecule has 2 N–H and O–H groups in total. The summed E-state index contributed by atoms with van der Waals surface area (Å²) >= 11 is 0. The molecule has 1 fully saturated rings. The van der Waals surface area contributed by atoms with Crippen LogP contribution in [0.15, 0.2) is 42.6 Å². The average Bonchev–Trinajstić information content (AvgIpc) is 3.23. The number of benzene rings is 1. The second-order valence-electron chi connectivity index (χ2n) is 4.66. The van der Waals surface area contributed by atoms with E-state index in [9.17, 15) is 4.79 Å². The van der Waals surface area contributed by atoms with Crippen LogP contribution in [0, 0.1) is 0 Å². The molecule has 3 rings (SSSR count). The Balaban J connectivity index is 2.09. The average molecular weight is 238 g/mol. The fourth-order valence-electron chi connectivity index (χ4n) is 2.21. The zero-order valence-corrected chi connectivity index (χ0v) is 9.97. The van der Waals surface area contributed by atoms with Crippen molar-refractivity contribution >= 4 is 5.91 Å². The minimum Gasteiger partial charge on any atom is -0.366 e. The monoisotopic (exact) mass is 238 g/mol. The molecule has 0 aliphatic heterocycles. The number of hydrogen-bond donors (Lipinski definition) is 1. The Morgan fingerprint density at radius 3 is 2.72 bits per heavy atom. The van der Waals surface area contributed by atoms with Crippen molar-refractivity contribution < 1.29 is 4.79 Å². The van der Waals surface area contributed by atoms with Crippen LogP contribution in [0.1, 0.15) is 34.7 Å². The first kappa shape index (κ1) is 11.0. The van der Waals surface area contributed by atoms with Gasteiger partial charge in [-0.3, -0.25) is 9.78 Å². The van der Waals surface area contributed by atoms with E-state index in [4.69, 9.17) is 5.73 Å². The molecule has 1 aliphatic carbocycles. The Labute approximate surface area is 106 Å². The van der Waals surface area contributed by atoms with Crippen LogP contribution < -0.4 is 5.73 Å². The highest BCUT2D eigenvalue weighted by Crippen LogP contribution is 2.43. The van der Waals surface area contributed by atoms with E-state index in [-0.39, 0.29) is 0 Å². The maximum absolute atomic E-state index is 11.2. The summed E-state index contributed by atoms with van der Waals surface area (Å²) in [6.07, 6.45) is 4.12. The molecule has 90 valence electrons. The van der Waals surface area contributed by atoms with Crippen LogP contribution in [0.5, 0.6) is 0 Å². The van der Waals surface area contributed by atoms with E-state index in [0.717, 1.165) is 11.3 Å². The van der Waals surface area contributed by atoms with Gasteiger partial charge in [0.15, 0.2) is 0 Å². The van der Waals surface area contributed by atoms with Gasteiger partial charge in [0, 0.05) is 17.3 Å². The van der Waals surface area contributed by atoms with E-state index < -0.39 is 5.91 Å². The lowest BCUT2D eigenvalue weighted by Gasteiger charge is -2.08. The number of rotatable bonds is 3.